The number of nitrogens with zero attached hydrogens (tertiary/aromatic N) is 1. The molecule has 108 valence electrons. The molecule has 0 saturated heterocycles. The highest BCUT2D eigenvalue weighted by Gasteiger charge is 2.34. The Hall–Kier alpha value is -1.53. The second-order valence-corrected chi connectivity index (χ2v) is 6.26. The van der Waals surface area contributed by atoms with Crippen LogP contribution in [0.15, 0.2) is 18.2 Å². The average Bonchev–Trinajstić information content (AvgIpc) is 3.17. The number of rotatable bonds is 6. The molecule has 0 spiro atoms. The van der Waals surface area contributed by atoms with E-state index in [1.807, 2.05) is 20.8 Å². The van der Waals surface area contributed by atoms with Gasteiger partial charge >= 0.3 is 0 Å². The molecule has 1 aliphatic carbocycles. The third-order valence-corrected chi connectivity index (χ3v) is 3.71. The molecule has 1 N–H and O–H groups in total. The molecule has 1 aromatic rings. The van der Waals surface area contributed by atoms with Crippen molar-refractivity contribution in [1.82, 2.24) is 5.32 Å². The first-order chi connectivity index (χ1) is 9.42. The Kier molecular flexibility index (Phi) is 4.35. The Balaban J connectivity index is 1.98. The lowest BCUT2D eigenvalue weighted by atomic mass is 9.96. The maximum atomic E-state index is 9.41. The minimum absolute atomic E-state index is 0.00593. The molecule has 0 bridgehead atoms. The Morgan fingerprint density at radius 3 is 2.75 bits per heavy atom. The standard InChI is InChI=1S/C17H24N2O/c1-12-5-6-13(2)16(9-12)20-14(3)10-17(4,11-18)19-15-7-8-15/h5-6,9,14-15,19H,7-8,10H2,1-4H3. The van der Waals surface area contributed by atoms with Crippen molar-refractivity contribution in [3.63, 3.8) is 0 Å². The number of nitriles is 1. The zero-order valence-electron chi connectivity index (χ0n) is 12.9. The second kappa shape index (κ2) is 5.85. The van der Waals surface area contributed by atoms with Crippen molar-refractivity contribution in [1.29, 1.82) is 5.26 Å². The number of aryl methyl sites for hydroxylation is 2. The molecule has 2 atom stereocenters. The lowest BCUT2D eigenvalue weighted by Gasteiger charge is -2.27. The highest BCUT2D eigenvalue weighted by atomic mass is 16.5. The number of hydrogen-bond donors (Lipinski definition) is 1. The Morgan fingerprint density at radius 1 is 1.45 bits per heavy atom. The van der Waals surface area contributed by atoms with Gasteiger partial charge in [0.25, 0.3) is 0 Å². The van der Waals surface area contributed by atoms with Crippen LogP contribution < -0.4 is 10.1 Å². The maximum absolute atomic E-state index is 9.41. The summed E-state index contributed by atoms with van der Waals surface area (Å²) in [6.45, 7) is 8.11. The minimum Gasteiger partial charge on any atom is -0.490 e. The Bertz CT molecular complexity index is 516. The van der Waals surface area contributed by atoms with E-state index in [9.17, 15) is 5.26 Å². The van der Waals surface area contributed by atoms with Crippen LogP contribution in [0.5, 0.6) is 5.75 Å². The van der Waals surface area contributed by atoms with Crippen molar-refractivity contribution in [2.24, 2.45) is 0 Å². The van der Waals surface area contributed by atoms with Crippen molar-refractivity contribution in [2.75, 3.05) is 0 Å². The summed E-state index contributed by atoms with van der Waals surface area (Å²) in [5.74, 6) is 0.921. The van der Waals surface area contributed by atoms with Crippen LogP contribution in [0.2, 0.25) is 0 Å². The first kappa shape index (κ1) is 14.9. The SMILES string of the molecule is Cc1ccc(C)c(OC(C)CC(C)(C#N)NC2CC2)c1. The van der Waals surface area contributed by atoms with Gasteiger partial charge < -0.3 is 4.74 Å². The molecule has 1 saturated carbocycles. The smallest absolute Gasteiger partial charge is 0.122 e. The fourth-order valence-electron chi connectivity index (χ4n) is 2.48. The molecule has 2 unspecified atom stereocenters. The van der Waals surface area contributed by atoms with Crippen LogP contribution in [0, 0.1) is 25.2 Å². The molecule has 1 fully saturated rings. The van der Waals surface area contributed by atoms with Crippen molar-refractivity contribution in [3.8, 4) is 11.8 Å². The highest BCUT2D eigenvalue weighted by Crippen LogP contribution is 2.26. The first-order valence-corrected chi connectivity index (χ1v) is 7.35. The molecule has 0 aromatic heterocycles. The van der Waals surface area contributed by atoms with Gasteiger partial charge in [-0.1, -0.05) is 12.1 Å². The summed E-state index contributed by atoms with van der Waals surface area (Å²) >= 11 is 0. The van der Waals surface area contributed by atoms with E-state index in [1.54, 1.807) is 0 Å². The van der Waals surface area contributed by atoms with Crippen LogP contribution in [-0.2, 0) is 0 Å². The molecule has 3 heteroatoms. The summed E-state index contributed by atoms with van der Waals surface area (Å²) in [7, 11) is 0. The van der Waals surface area contributed by atoms with E-state index < -0.39 is 5.54 Å². The van der Waals surface area contributed by atoms with Crippen molar-refractivity contribution < 1.29 is 4.74 Å². The van der Waals surface area contributed by atoms with Crippen molar-refractivity contribution in [3.05, 3.63) is 29.3 Å². The third kappa shape index (κ3) is 3.98. The highest BCUT2D eigenvalue weighted by molar-refractivity contribution is 5.36. The largest absolute Gasteiger partial charge is 0.490 e. The van der Waals surface area contributed by atoms with Crippen LogP contribution in [0.3, 0.4) is 0 Å². The lowest BCUT2D eigenvalue weighted by molar-refractivity contribution is 0.178. The van der Waals surface area contributed by atoms with E-state index in [1.165, 1.54) is 18.4 Å². The van der Waals surface area contributed by atoms with Gasteiger partial charge in [0.2, 0.25) is 0 Å². The fourth-order valence-corrected chi connectivity index (χ4v) is 2.48. The van der Waals surface area contributed by atoms with Crippen LogP contribution in [0.1, 0.15) is 44.2 Å². The number of ether oxygens (including phenoxy) is 1. The second-order valence-electron chi connectivity index (χ2n) is 6.26. The predicted octanol–water partition coefficient (Wildman–Crippen LogP) is 3.50. The van der Waals surface area contributed by atoms with Crippen LogP contribution >= 0.6 is 0 Å². The fraction of sp³-hybridized carbons (Fsp3) is 0.588. The van der Waals surface area contributed by atoms with Gasteiger partial charge in [-0.05, 0) is 57.7 Å². The maximum Gasteiger partial charge on any atom is 0.122 e. The van der Waals surface area contributed by atoms with Crippen molar-refractivity contribution >= 4 is 0 Å². The Labute approximate surface area is 121 Å². The zero-order valence-corrected chi connectivity index (χ0v) is 12.9. The van der Waals surface area contributed by atoms with E-state index in [0.717, 1.165) is 11.3 Å². The molecular formula is C17H24N2O. The molecule has 0 heterocycles. The Morgan fingerprint density at radius 2 is 2.15 bits per heavy atom. The first-order valence-electron chi connectivity index (χ1n) is 7.35. The molecule has 20 heavy (non-hydrogen) atoms. The quantitative estimate of drug-likeness (QED) is 0.862. The zero-order chi connectivity index (χ0) is 14.8. The summed E-state index contributed by atoms with van der Waals surface area (Å²) in [5, 5.41) is 12.8. The van der Waals surface area contributed by atoms with Gasteiger partial charge in [0.1, 0.15) is 11.3 Å². The summed E-state index contributed by atoms with van der Waals surface area (Å²) < 4.78 is 6.03. The minimum atomic E-state index is -0.502. The van der Waals surface area contributed by atoms with E-state index in [0.29, 0.717) is 12.5 Å². The third-order valence-electron chi connectivity index (χ3n) is 3.71. The summed E-state index contributed by atoms with van der Waals surface area (Å²) in [5.41, 5.74) is 1.83. The lowest BCUT2D eigenvalue weighted by Crippen LogP contribution is -2.45. The molecule has 1 aliphatic rings. The van der Waals surface area contributed by atoms with Gasteiger partial charge in [0.15, 0.2) is 0 Å². The van der Waals surface area contributed by atoms with Gasteiger partial charge in [-0.2, -0.15) is 5.26 Å². The molecule has 0 radical (unpaired) electrons. The normalized spacial score (nSPS) is 18.9. The average molecular weight is 272 g/mol. The van der Waals surface area contributed by atoms with E-state index in [-0.39, 0.29) is 6.10 Å². The summed E-state index contributed by atoms with van der Waals surface area (Å²) in [6.07, 6.45) is 3.06. The molecular weight excluding hydrogens is 248 g/mol. The molecule has 0 amide bonds. The number of benzene rings is 1. The van der Waals surface area contributed by atoms with Gasteiger partial charge in [0.05, 0.1) is 12.2 Å². The van der Waals surface area contributed by atoms with Gasteiger partial charge in [-0.3, -0.25) is 5.32 Å². The van der Waals surface area contributed by atoms with Crippen LogP contribution in [0.25, 0.3) is 0 Å². The predicted molar refractivity (Wildman–Crippen MR) is 80.8 cm³/mol. The van der Waals surface area contributed by atoms with Gasteiger partial charge in [-0.15, -0.1) is 0 Å². The van der Waals surface area contributed by atoms with E-state index in [2.05, 4.69) is 36.5 Å². The topological polar surface area (TPSA) is 45.0 Å². The molecule has 2 rings (SSSR count). The monoisotopic (exact) mass is 272 g/mol. The molecule has 0 aliphatic heterocycles. The van der Waals surface area contributed by atoms with Gasteiger partial charge in [0, 0.05) is 12.5 Å². The number of hydrogen-bond acceptors (Lipinski definition) is 3. The van der Waals surface area contributed by atoms with Gasteiger partial charge in [-0.25, -0.2) is 0 Å². The van der Waals surface area contributed by atoms with E-state index in [4.69, 9.17) is 4.74 Å². The van der Waals surface area contributed by atoms with Crippen LogP contribution in [0.4, 0.5) is 0 Å². The van der Waals surface area contributed by atoms with Crippen LogP contribution in [-0.4, -0.2) is 17.7 Å². The molecule has 3 nitrogen and oxygen atoms in total. The van der Waals surface area contributed by atoms with Crippen molar-refractivity contribution in [2.45, 2.75) is 64.6 Å². The number of nitrogens with one attached hydrogen (secondary N) is 1. The summed E-state index contributed by atoms with van der Waals surface area (Å²) in [4.78, 5) is 0. The molecule has 1 aromatic carbocycles. The summed E-state index contributed by atoms with van der Waals surface area (Å²) in [6, 6.07) is 9.14. The van der Waals surface area contributed by atoms with E-state index >= 15 is 0 Å².